The number of nitrogens with zero attached hydrogens (tertiary/aromatic N) is 1. The van der Waals surface area contributed by atoms with E-state index in [0.717, 1.165) is 25.2 Å². The molecule has 1 aliphatic rings. The van der Waals surface area contributed by atoms with Crippen molar-refractivity contribution in [3.63, 3.8) is 0 Å². The summed E-state index contributed by atoms with van der Waals surface area (Å²) in [5.74, 6) is 0.0509. The van der Waals surface area contributed by atoms with Crippen LogP contribution in [0, 0.1) is 0 Å². The van der Waals surface area contributed by atoms with Crippen LogP contribution in [0.15, 0.2) is 48.5 Å². The number of hydrogen-bond donors (Lipinski definition) is 0. The smallest absolute Gasteiger partial charge is 0.193 e. The Hall–Kier alpha value is -1.64. The van der Waals surface area contributed by atoms with Crippen molar-refractivity contribution in [2.75, 3.05) is 13.1 Å². The van der Waals surface area contributed by atoms with Crippen molar-refractivity contribution < 1.29 is 4.79 Å². The Labute approximate surface area is 130 Å². The Morgan fingerprint density at radius 1 is 1.00 bits per heavy atom. The summed E-state index contributed by atoms with van der Waals surface area (Å²) in [6, 6.07) is 15.0. The fourth-order valence-electron chi connectivity index (χ4n) is 2.78. The molecule has 1 heterocycles. The van der Waals surface area contributed by atoms with Crippen LogP contribution in [-0.4, -0.2) is 23.8 Å². The summed E-state index contributed by atoms with van der Waals surface area (Å²) in [4.78, 5) is 14.9. The molecule has 0 aliphatic carbocycles. The molecule has 0 saturated carbocycles. The predicted octanol–water partition coefficient (Wildman–Crippen LogP) is 4.17. The lowest BCUT2D eigenvalue weighted by molar-refractivity contribution is 0.103. The van der Waals surface area contributed by atoms with Gasteiger partial charge in [0, 0.05) is 22.7 Å². The van der Waals surface area contributed by atoms with Gasteiger partial charge >= 0.3 is 0 Å². The van der Waals surface area contributed by atoms with E-state index in [1.54, 1.807) is 24.3 Å². The number of rotatable bonds is 4. The first-order chi connectivity index (χ1) is 10.2. The summed E-state index contributed by atoms with van der Waals surface area (Å²) in [7, 11) is 0. The molecule has 0 unspecified atom stereocenters. The molecule has 2 aromatic rings. The van der Waals surface area contributed by atoms with Gasteiger partial charge in [-0.25, -0.2) is 0 Å². The maximum atomic E-state index is 12.5. The van der Waals surface area contributed by atoms with Gasteiger partial charge < -0.3 is 0 Å². The van der Waals surface area contributed by atoms with Crippen molar-refractivity contribution in [1.29, 1.82) is 0 Å². The number of halogens is 1. The number of ketones is 1. The number of hydrogen-bond acceptors (Lipinski definition) is 2. The van der Waals surface area contributed by atoms with Crippen molar-refractivity contribution in [3.8, 4) is 0 Å². The zero-order valence-electron chi connectivity index (χ0n) is 11.9. The summed E-state index contributed by atoms with van der Waals surface area (Å²) in [5, 5.41) is 0.648. The van der Waals surface area contributed by atoms with Gasteiger partial charge in [-0.15, -0.1) is 0 Å². The first-order valence-corrected chi connectivity index (χ1v) is 7.72. The highest BCUT2D eigenvalue weighted by molar-refractivity contribution is 6.30. The second-order valence-electron chi connectivity index (χ2n) is 5.52. The molecule has 0 aromatic heterocycles. The molecule has 3 rings (SSSR count). The average Bonchev–Trinajstić information content (AvgIpc) is 3.00. The lowest BCUT2D eigenvalue weighted by Crippen LogP contribution is -2.18. The third-order valence-corrected chi connectivity index (χ3v) is 4.15. The monoisotopic (exact) mass is 299 g/mol. The number of carbonyl (C=O) groups excluding carboxylic acids is 1. The fourth-order valence-corrected chi connectivity index (χ4v) is 2.90. The van der Waals surface area contributed by atoms with Crippen molar-refractivity contribution in [1.82, 2.24) is 4.90 Å². The molecule has 1 fully saturated rings. The minimum absolute atomic E-state index is 0.0509. The van der Waals surface area contributed by atoms with Gasteiger partial charge in [0.2, 0.25) is 0 Å². The van der Waals surface area contributed by atoms with Gasteiger partial charge in [-0.05, 0) is 61.8 Å². The van der Waals surface area contributed by atoms with E-state index in [0.29, 0.717) is 10.6 Å². The molecule has 1 saturated heterocycles. The summed E-state index contributed by atoms with van der Waals surface area (Å²) >= 11 is 5.87. The molecule has 0 amide bonds. The van der Waals surface area contributed by atoms with E-state index < -0.39 is 0 Å². The first-order valence-electron chi connectivity index (χ1n) is 7.34. The van der Waals surface area contributed by atoms with Crippen LogP contribution in [0.5, 0.6) is 0 Å². The van der Waals surface area contributed by atoms with Crippen LogP contribution in [0.25, 0.3) is 0 Å². The summed E-state index contributed by atoms with van der Waals surface area (Å²) in [5.41, 5.74) is 2.63. The zero-order chi connectivity index (χ0) is 14.7. The third-order valence-electron chi connectivity index (χ3n) is 3.90. The maximum Gasteiger partial charge on any atom is 0.193 e. The van der Waals surface area contributed by atoms with E-state index in [-0.39, 0.29) is 5.78 Å². The Morgan fingerprint density at radius 2 is 1.71 bits per heavy atom. The van der Waals surface area contributed by atoms with Crippen molar-refractivity contribution in [2.45, 2.75) is 19.4 Å². The van der Waals surface area contributed by atoms with Crippen molar-refractivity contribution in [2.24, 2.45) is 0 Å². The molecule has 0 radical (unpaired) electrons. The summed E-state index contributed by atoms with van der Waals surface area (Å²) in [6.45, 7) is 3.26. The minimum atomic E-state index is 0.0509. The van der Waals surface area contributed by atoms with E-state index >= 15 is 0 Å². The molecule has 108 valence electrons. The zero-order valence-corrected chi connectivity index (χ0v) is 12.6. The SMILES string of the molecule is O=C(c1ccc(Cl)cc1)c1cccc(CN2CCCC2)c1. The lowest BCUT2D eigenvalue weighted by Gasteiger charge is -2.15. The van der Waals surface area contributed by atoms with Gasteiger partial charge in [0.15, 0.2) is 5.78 Å². The second kappa shape index (κ2) is 6.42. The van der Waals surface area contributed by atoms with Crippen LogP contribution < -0.4 is 0 Å². The van der Waals surface area contributed by atoms with Gasteiger partial charge in [0.1, 0.15) is 0 Å². The van der Waals surface area contributed by atoms with Crippen molar-refractivity contribution in [3.05, 3.63) is 70.2 Å². The largest absolute Gasteiger partial charge is 0.299 e. The van der Waals surface area contributed by atoms with Crippen molar-refractivity contribution >= 4 is 17.4 Å². The van der Waals surface area contributed by atoms with Gasteiger partial charge in [0.05, 0.1) is 0 Å². The van der Waals surface area contributed by atoms with E-state index in [9.17, 15) is 4.79 Å². The Morgan fingerprint density at radius 3 is 2.43 bits per heavy atom. The van der Waals surface area contributed by atoms with Gasteiger partial charge in [-0.3, -0.25) is 9.69 Å². The maximum absolute atomic E-state index is 12.5. The Balaban J connectivity index is 1.78. The highest BCUT2D eigenvalue weighted by Gasteiger charge is 2.13. The molecule has 0 atom stereocenters. The highest BCUT2D eigenvalue weighted by Crippen LogP contribution is 2.17. The van der Waals surface area contributed by atoms with Crippen LogP contribution in [0.4, 0.5) is 0 Å². The normalized spacial score (nSPS) is 15.3. The third kappa shape index (κ3) is 3.52. The summed E-state index contributed by atoms with van der Waals surface area (Å²) in [6.07, 6.45) is 2.56. The van der Waals surface area contributed by atoms with Crippen LogP contribution in [0.3, 0.4) is 0 Å². The molecule has 0 bridgehead atoms. The number of benzene rings is 2. The number of likely N-dealkylation sites (tertiary alicyclic amines) is 1. The van der Waals surface area contributed by atoms with E-state index in [1.807, 2.05) is 18.2 Å². The summed E-state index contributed by atoms with van der Waals surface area (Å²) < 4.78 is 0. The molecule has 2 aromatic carbocycles. The molecular formula is C18H18ClNO. The fraction of sp³-hybridized carbons (Fsp3) is 0.278. The van der Waals surface area contributed by atoms with Crippen LogP contribution in [0.2, 0.25) is 5.02 Å². The molecule has 1 aliphatic heterocycles. The van der Waals surface area contributed by atoms with Crippen LogP contribution in [0.1, 0.15) is 34.3 Å². The average molecular weight is 300 g/mol. The second-order valence-corrected chi connectivity index (χ2v) is 5.96. The van der Waals surface area contributed by atoms with Gasteiger partial charge in [0.25, 0.3) is 0 Å². The van der Waals surface area contributed by atoms with Gasteiger partial charge in [-0.2, -0.15) is 0 Å². The molecular weight excluding hydrogens is 282 g/mol. The van der Waals surface area contributed by atoms with E-state index in [2.05, 4.69) is 11.0 Å². The number of carbonyl (C=O) groups is 1. The molecule has 0 spiro atoms. The predicted molar refractivity (Wildman–Crippen MR) is 85.8 cm³/mol. The highest BCUT2D eigenvalue weighted by atomic mass is 35.5. The van der Waals surface area contributed by atoms with Crippen LogP contribution >= 0.6 is 11.6 Å². The quantitative estimate of drug-likeness (QED) is 0.790. The molecule has 0 N–H and O–H groups in total. The van der Waals surface area contributed by atoms with Crippen LogP contribution in [-0.2, 0) is 6.54 Å². The Kier molecular flexibility index (Phi) is 4.37. The Bertz CT molecular complexity index is 630. The van der Waals surface area contributed by atoms with E-state index in [4.69, 9.17) is 11.6 Å². The van der Waals surface area contributed by atoms with E-state index in [1.165, 1.54) is 18.4 Å². The molecule has 3 heteroatoms. The standard InChI is InChI=1S/C18H18ClNO/c19-17-8-6-15(7-9-17)18(21)16-5-3-4-14(12-16)13-20-10-1-2-11-20/h3-9,12H,1-2,10-11,13H2. The first kappa shape index (κ1) is 14.3. The lowest BCUT2D eigenvalue weighted by atomic mass is 10.0. The molecule has 21 heavy (non-hydrogen) atoms. The molecule has 2 nitrogen and oxygen atoms in total. The minimum Gasteiger partial charge on any atom is -0.299 e. The topological polar surface area (TPSA) is 20.3 Å². The van der Waals surface area contributed by atoms with Gasteiger partial charge in [-0.1, -0.05) is 29.8 Å².